The minimum absolute atomic E-state index is 0.216. The first-order valence-electron chi connectivity index (χ1n) is 11.4. The fourth-order valence-electron chi connectivity index (χ4n) is 4.38. The molecule has 2 unspecified atom stereocenters. The Labute approximate surface area is 186 Å². The number of piperidine rings is 1. The second-order valence-electron chi connectivity index (χ2n) is 9.49. The molecule has 3 rings (SSSR count). The summed E-state index contributed by atoms with van der Waals surface area (Å²) in [6, 6.07) is 17.6. The van der Waals surface area contributed by atoms with Crippen molar-refractivity contribution in [3.8, 4) is 0 Å². The number of carbonyl (C=O) groups excluding carboxylic acids is 1. The highest BCUT2D eigenvalue weighted by Gasteiger charge is 2.35. The second kappa shape index (κ2) is 10.3. The van der Waals surface area contributed by atoms with Crippen LogP contribution in [0.15, 0.2) is 48.5 Å². The van der Waals surface area contributed by atoms with E-state index in [1.807, 2.05) is 25.7 Å². The molecule has 0 bridgehead atoms. The summed E-state index contributed by atoms with van der Waals surface area (Å²) < 4.78 is 5.66. The van der Waals surface area contributed by atoms with E-state index in [1.54, 1.807) is 0 Å². The smallest absolute Gasteiger partial charge is 0.410 e. The Balaban J connectivity index is 1.85. The lowest BCUT2D eigenvalue weighted by molar-refractivity contribution is 0.0184. The van der Waals surface area contributed by atoms with Crippen molar-refractivity contribution in [2.45, 2.75) is 57.5 Å². The number of nitrogens with zero attached hydrogens (tertiary/aromatic N) is 1. The highest BCUT2D eigenvalue weighted by atomic mass is 16.6. The van der Waals surface area contributed by atoms with E-state index in [4.69, 9.17) is 16.2 Å². The van der Waals surface area contributed by atoms with Gasteiger partial charge < -0.3 is 21.1 Å². The van der Waals surface area contributed by atoms with E-state index in [0.29, 0.717) is 32.1 Å². The van der Waals surface area contributed by atoms with Crippen LogP contribution in [0.3, 0.4) is 0 Å². The predicted octanol–water partition coefficient (Wildman–Crippen LogP) is 4.20. The van der Waals surface area contributed by atoms with E-state index >= 15 is 0 Å². The zero-order valence-corrected chi connectivity index (χ0v) is 19.1. The zero-order chi connectivity index (χ0) is 22.4. The van der Waals surface area contributed by atoms with E-state index in [9.17, 15) is 4.79 Å². The molecule has 1 heterocycles. The van der Waals surface area contributed by atoms with Crippen LogP contribution in [-0.2, 0) is 17.6 Å². The van der Waals surface area contributed by atoms with Gasteiger partial charge in [0.15, 0.2) is 0 Å². The Kier molecular flexibility index (Phi) is 7.74. The molecule has 0 spiro atoms. The lowest BCUT2D eigenvalue weighted by Gasteiger charge is -2.39. The van der Waals surface area contributed by atoms with Crippen LogP contribution in [0.1, 0.15) is 61.3 Å². The number of ether oxygens (including phenoxy) is 1. The Morgan fingerprint density at radius 2 is 1.39 bits per heavy atom. The lowest BCUT2D eigenvalue weighted by atomic mass is 9.76. The second-order valence-corrected chi connectivity index (χ2v) is 9.49. The summed E-state index contributed by atoms with van der Waals surface area (Å²) in [6.45, 7) is 8.39. The zero-order valence-electron chi connectivity index (χ0n) is 19.1. The highest BCUT2D eigenvalue weighted by Crippen LogP contribution is 2.40. The van der Waals surface area contributed by atoms with Gasteiger partial charge in [0.1, 0.15) is 5.60 Å². The normalized spacial score (nSPS) is 19.3. The van der Waals surface area contributed by atoms with Crippen molar-refractivity contribution in [1.29, 1.82) is 0 Å². The van der Waals surface area contributed by atoms with Crippen molar-refractivity contribution in [3.05, 3.63) is 70.8 Å². The largest absolute Gasteiger partial charge is 0.444 e. The third kappa shape index (κ3) is 6.31. The summed E-state index contributed by atoms with van der Waals surface area (Å²) in [5, 5.41) is 0. The molecule has 1 aliphatic rings. The number of hydrogen-bond acceptors (Lipinski definition) is 4. The maximum atomic E-state index is 12.8. The average Bonchev–Trinajstić information content (AvgIpc) is 2.74. The van der Waals surface area contributed by atoms with Gasteiger partial charge in [0.25, 0.3) is 0 Å². The van der Waals surface area contributed by atoms with Gasteiger partial charge in [-0.2, -0.15) is 0 Å². The number of likely N-dealkylation sites (tertiary alicyclic amines) is 1. The molecule has 2 aromatic rings. The number of amides is 1. The van der Waals surface area contributed by atoms with Crippen molar-refractivity contribution in [1.82, 2.24) is 4.90 Å². The topological polar surface area (TPSA) is 81.6 Å². The molecule has 0 radical (unpaired) electrons. The van der Waals surface area contributed by atoms with Crippen LogP contribution in [0, 0.1) is 0 Å². The molecule has 4 N–H and O–H groups in total. The van der Waals surface area contributed by atoms with Crippen molar-refractivity contribution in [2.75, 3.05) is 26.2 Å². The number of benzene rings is 2. The monoisotopic (exact) mass is 423 g/mol. The predicted molar refractivity (Wildman–Crippen MR) is 126 cm³/mol. The third-order valence-corrected chi connectivity index (χ3v) is 5.95. The van der Waals surface area contributed by atoms with Gasteiger partial charge >= 0.3 is 6.09 Å². The van der Waals surface area contributed by atoms with Gasteiger partial charge in [-0.05, 0) is 81.3 Å². The fourth-order valence-corrected chi connectivity index (χ4v) is 4.38. The fraction of sp³-hybridized carbons (Fsp3) is 0.500. The maximum Gasteiger partial charge on any atom is 0.410 e. The molecule has 5 heteroatoms. The summed E-state index contributed by atoms with van der Waals surface area (Å²) in [4.78, 5) is 14.6. The van der Waals surface area contributed by atoms with Crippen LogP contribution in [0.2, 0.25) is 0 Å². The highest BCUT2D eigenvalue weighted by molar-refractivity contribution is 5.68. The van der Waals surface area contributed by atoms with E-state index in [0.717, 1.165) is 19.3 Å². The van der Waals surface area contributed by atoms with Crippen molar-refractivity contribution in [2.24, 2.45) is 11.5 Å². The van der Waals surface area contributed by atoms with Gasteiger partial charge in [0.2, 0.25) is 0 Å². The molecule has 0 saturated carbocycles. The molecule has 2 atom stereocenters. The molecular formula is C26H37N3O2. The Morgan fingerprint density at radius 1 is 0.903 bits per heavy atom. The summed E-state index contributed by atoms with van der Waals surface area (Å²) in [6.07, 6.45) is 2.45. The van der Waals surface area contributed by atoms with Gasteiger partial charge in [-0.1, -0.05) is 48.5 Å². The van der Waals surface area contributed by atoms with Crippen LogP contribution < -0.4 is 11.5 Å². The number of carbonyl (C=O) groups is 1. The lowest BCUT2D eigenvalue weighted by Crippen LogP contribution is -2.44. The summed E-state index contributed by atoms with van der Waals surface area (Å²) in [5.74, 6) is 0.569. The molecule has 1 saturated heterocycles. The molecule has 31 heavy (non-hydrogen) atoms. The van der Waals surface area contributed by atoms with Crippen LogP contribution in [0.5, 0.6) is 0 Å². The molecule has 2 aromatic carbocycles. The third-order valence-electron chi connectivity index (χ3n) is 5.95. The Bertz CT molecular complexity index is 840. The average molecular weight is 424 g/mol. The quantitative estimate of drug-likeness (QED) is 0.730. The summed E-state index contributed by atoms with van der Waals surface area (Å²) >= 11 is 0. The number of rotatable bonds is 6. The van der Waals surface area contributed by atoms with E-state index in [2.05, 4.69) is 48.5 Å². The summed E-state index contributed by atoms with van der Waals surface area (Å²) in [5.41, 5.74) is 16.0. The van der Waals surface area contributed by atoms with E-state index in [-0.39, 0.29) is 12.0 Å². The number of hydrogen-bond donors (Lipinski definition) is 2. The van der Waals surface area contributed by atoms with Crippen LogP contribution in [0.4, 0.5) is 4.79 Å². The number of nitrogens with two attached hydrogens (primary N) is 2. The Morgan fingerprint density at radius 3 is 1.84 bits per heavy atom. The van der Waals surface area contributed by atoms with Crippen molar-refractivity contribution < 1.29 is 9.53 Å². The minimum atomic E-state index is -0.494. The summed E-state index contributed by atoms with van der Waals surface area (Å²) in [7, 11) is 0. The first-order chi connectivity index (χ1) is 14.8. The maximum absolute atomic E-state index is 12.8. The molecule has 0 aromatic heterocycles. The molecule has 1 amide bonds. The minimum Gasteiger partial charge on any atom is -0.444 e. The van der Waals surface area contributed by atoms with Gasteiger partial charge in [-0.3, -0.25) is 0 Å². The van der Waals surface area contributed by atoms with Gasteiger partial charge in [-0.15, -0.1) is 0 Å². The molecule has 0 aliphatic carbocycles. The first-order valence-corrected chi connectivity index (χ1v) is 11.4. The van der Waals surface area contributed by atoms with E-state index in [1.165, 1.54) is 22.3 Å². The SMILES string of the molecule is CC(C)(C)OC(=O)N1CCC(c2ccc(CCN)cc2)C(c2ccc(CCN)cc2)C1. The first kappa shape index (κ1) is 23.3. The molecule has 168 valence electrons. The molecule has 5 nitrogen and oxygen atoms in total. The molecular weight excluding hydrogens is 386 g/mol. The van der Waals surface area contributed by atoms with E-state index < -0.39 is 5.60 Å². The van der Waals surface area contributed by atoms with Crippen LogP contribution >= 0.6 is 0 Å². The van der Waals surface area contributed by atoms with Crippen molar-refractivity contribution >= 4 is 6.09 Å². The Hall–Kier alpha value is -2.37. The van der Waals surface area contributed by atoms with Gasteiger partial charge in [0.05, 0.1) is 0 Å². The van der Waals surface area contributed by atoms with Crippen LogP contribution in [-0.4, -0.2) is 42.8 Å². The van der Waals surface area contributed by atoms with Gasteiger partial charge in [0, 0.05) is 19.0 Å². The molecule has 1 fully saturated rings. The van der Waals surface area contributed by atoms with Gasteiger partial charge in [-0.25, -0.2) is 4.79 Å². The standard InChI is InChI=1S/C26H37N3O2/c1-26(2,3)31-25(30)29-17-14-23(21-8-4-19(5-9-21)12-15-27)24(18-29)22-10-6-20(7-11-22)13-16-28/h4-11,23-24H,12-18,27-28H2,1-3H3. The van der Waals surface area contributed by atoms with Crippen molar-refractivity contribution in [3.63, 3.8) is 0 Å². The molecule has 1 aliphatic heterocycles. The van der Waals surface area contributed by atoms with Crippen LogP contribution in [0.25, 0.3) is 0 Å².